The van der Waals surface area contributed by atoms with E-state index in [0.29, 0.717) is 17.9 Å². The number of hydrogen-bond donors (Lipinski definition) is 1. The van der Waals surface area contributed by atoms with Gasteiger partial charge < -0.3 is 10.2 Å². The summed E-state index contributed by atoms with van der Waals surface area (Å²) in [6, 6.07) is 13.1. The number of nitrogens with zero attached hydrogens (tertiary/aromatic N) is 1. The van der Waals surface area contributed by atoms with Gasteiger partial charge in [-0.25, -0.2) is 4.39 Å². The maximum atomic E-state index is 13.1. The highest BCUT2D eigenvalue weighted by Gasteiger charge is 2.33. The molecule has 5 heteroatoms. The SMILES string of the molecule is CCN(C(=O)C1CC(=O)Nc2ccccc21)c1ccc(F)cc1. The standard InChI is InChI=1S/C18H17FN2O2/c1-2-21(13-9-7-12(19)8-10-13)18(23)15-11-17(22)20-16-6-4-3-5-14(15)16/h3-10,15H,2,11H2,1H3,(H,20,22). The molecule has 1 aliphatic heterocycles. The molecule has 4 nitrogen and oxygen atoms in total. The number of likely N-dealkylation sites (N-methyl/N-ethyl adjacent to an activating group) is 1. The van der Waals surface area contributed by atoms with Crippen LogP contribution in [0.2, 0.25) is 0 Å². The number of para-hydroxylation sites is 1. The highest BCUT2D eigenvalue weighted by molar-refractivity contribution is 6.06. The smallest absolute Gasteiger partial charge is 0.235 e. The number of halogens is 1. The summed E-state index contributed by atoms with van der Waals surface area (Å²) in [5.41, 5.74) is 2.12. The Morgan fingerprint density at radius 1 is 1.22 bits per heavy atom. The van der Waals surface area contributed by atoms with Crippen molar-refractivity contribution >= 4 is 23.2 Å². The monoisotopic (exact) mass is 312 g/mol. The van der Waals surface area contributed by atoms with E-state index in [4.69, 9.17) is 0 Å². The first-order valence-electron chi connectivity index (χ1n) is 7.56. The molecule has 1 heterocycles. The van der Waals surface area contributed by atoms with Crippen LogP contribution in [0, 0.1) is 5.82 Å². The third-order valence-electron chi connectivity index (χ3n) is 4.02. The van der Waals surface area contributed by atoms with Crippen LogP contribution in [0.1, 0.15) is 24.8 Å². The largest absolute Gasteiger partial charge is 0.326 e. The fraction of sp³-hybridized carbons (Fsp3) is 0.222. The topological polar surface area (TPSA) is 49.4 Å². The maximum absolute atomic E-state index is 13.1. The number of nitrogens with one attached hydrogen (secondary N) is 1. The molecule has 2 aromatic rings. The molecule has 0 bridgehead atoms. The number of fused-ring (bicyclic) bond motifs is 1. The molecule has 0 aromatic heterocycles. The van der Waals surface area contributed by atoms with E-state index in [9.17, 15) is 14.0 Å². The summed E-state index contributed by atoms with van der Waals surface area (Å²) in [6.45, 7) is 2.31. The van der Waals surface area contributed by atoms with Gasteiger partial charge in [0.05, 0.1) is 5.92 Å². The minimum absolute atomic E-state index is 0.119. The lowest BCUT2D eigenvalue weighted by molar-refractivity contribution is -0.124. The van der Waals surface area contributed by atoms with Crippen LogP contribution in [0.4, 0.5) is 15.8 Å². The molecule has 0 radical (unpaired) electrons. The lowest BCUT2D eigenvalue weighted by Gasteiger charge is -2.30. The van der Waals surface area contributed by atoms with Gasteiger partial charge in [-0.2, -0.15) is 0 Å². The van der Waals surface area contributed by atoms with Crippen LogP contribution < -0.4 is 10.2 Å². The van der Waals surface area contributed by atoms with Crippen molar-refractivity contribution in [3.05, 3.63) is 59.9 Å². The number of amides is 2. The number of carbonyl (C=O) groups is 2. The Morgan fingerprint density at radius 3 is 2.61 bits per heavy atom. The second kappa shape index (κ2) is 6.20. The van der Waals surface area contributed by atoms with E-state index >= 15 is 0 Å². The average Bonchev–Trinajstić information content (AvgIpc) is 2.56. The van der Waals surface area contributed by atoms with Gasteiger partial charge in [-0.3, -0.25) is 9.59 Å². The number of rotatable bonds is 3. The Bertz CT molecular complexity index is 743. The summed E-state index contributed by atoms with van der Waals surface area (Å²) >= 11 is 0. The summed E-state index contributed by atoms with van der Waals surface area (Å²) in [7, 11) is 0. The normalized spacial score (nSPS) is 16.4. The van der Waals surface area contributed by atoms with Crippen molar-refractivity contribution in [2.75, 3.05) is 16.8 Å². The highest BCUT2D eigenvalue weighted by atomic mass is 19.1. The Morgan fingerprint density at radius 2 is 1.91 bits per heavy atom. The molecule has 2 aromatic carbocycles. The molecule has 3 rings (SSSR count). The predicted molar refractivity (Wildman–Crippen MR) is 86.9 cm³/mol. The van der Waals surface area contributed by atoms with Gasteiger partial charge in [0.15, 0.2) is 0 Å². The van der Waals surface area contributed by atoms with Crippen molar-refractivity contribution in [3.8, 4) is 0 Å². The minimum atomic E-state index is -0.523. The van der Waals surface area contributed by atoms with Gasteiger partial charge in [-0.15, -0.1) is 0 Å². The molecular formula is C18H17FN2O2. The van der Waals surface area contributed by atoms with E-state index < -0.39 is 5.92 Å². The van der Waals surface area contributed by atoms with Crippen LogP contribution in [0.3, 0.4) is 0 Å². The van der Waals surface area contributed by atoms with Gasteiger partial charge in [0, 0.05) is 24.3 Å². The first-order valence-corrected chi connectivity index (χ1v) is 7.56. The van der Waals surface area contributed by atoms with Gasteiger partial charge in [-0.05, 0) is 42.8 Å². The second-order valence-corrected chi connectivity index (χ2v) is 5.45. The summed E-state index contributed by atoms with van der Waals surface area (Å²) in [5.74, 6) is -1.19. The van der Waals surface area contributed by atoms with Crippen molar-refractivity contribution in [2.24, 2.45) is 0 Å². The molecule has 0 saturated heterocycles. The van der Waals surface area contributed by atoms with E-state index in [2.05, 4.69) is 5.32 Å². The lowest BCUT2D eigenvalue weighted by atomic mass is 9.89. The molecule has 0 saturated carbocycles. The van der Waals surface area contributed by atoms with Crippen LogP contribution in [-0.2, 0) is 9.59 Å². The van der Waals surface area contributed by atoms with Crippen molar-refractivity contribution in [1.82, 2.24) is 0 Å². The summed E-state index contributed by atoms with van der Waals surface area (Å²) in [4.78, 5) is 26.5. The number of anilines is 2. The zero-order valence-electron chi connectivity index (χ0n) is 12.8. The fourth-order valence-corrected chi connectivity index (χ4v) is 2.91. The molecule has 1 unspecified atom stereocenters. The summed E-state index contributed by atoms with van der Waals surface area (Å²) in [6.07, 6.45) is 0.119. The molecule has 2 amide bonds. The van der Waals surface area contributed by atoms with Gasteiger partial charge in [0.2, 0.25) is 11.8 Å². The van der Waals surface area contributed by atoms with Gasteiger partial charge in [0.25, 0.3) is 0 Å². The molecule has 1 atom stereocenters. The number of carbonyl (C=O) groups excluding carboxylic acids is 2. The molecule has 23 heavy (non-hydrogen) atoms. The van der Waals surface area contributed by atoms with Crippen LogP contribution in [0.5, 0.6) is 0 Å². The number of benzene rings is 2. The Kier molecular flexibility index (Phi) is 4.10. The fourth-order valence-electron chi connectivity index (χ4n) is 2.91. The number of hydrogen-bond acceptors (Lipinski definition) is 2. The summed E-state index contributed by atoms with van der Waals surface area (Å²) in [5, 5.41) is 2.79. The Labute approximate surface area is 133 Å². The quantitative estimate of drug-likeness (QED) is 0.945. The zero-order chi connectivity index (χ0) is 16.4. The first kappa shape index (κ1) is 15.2. The average molecular weight is 312 g/mol. The molecule has 0 fully saturated rings. The molecule has 0 aliphatic carbocycles. The third kappa shape index (κ3) is 2.95. The van der Waals surface area contributed by atoms with Crippen molar-refractivity contribution in [1.29, 1.82) is 0 Å². The maximum Gasteiger partial charge on any atom is 0.235 e. The van der Waals surface area contributed by atoms with Crippen LogP contribution in [0.15, 0.2) is 48.5 Å². The van der Waals surface area contributed by atoms with E-state index in [1.807, 2.05) is 25.1 Å². The van der Waals surface area contributed by atoms with Crippen molar-refractivity contribution in [2.45, 2.75) is 19.3 Å². The molecular weight excluding hydrogens is 295 g/mol. The Hall–Kier alpha value is -2.69. The third-order valence-corrected chi connectivity index (χ3v) is 4.02. The minimum Gasteiger partial charge on any atom is -0.326 e. The van der Waals surface area contributed by atoms with E-state index in [1.165, 1.54) is 12.1 Å². The second-order valence-electron chi connectivity index (χ2n) is 5.45. The molecule has 118 valence electrons. The first-order chi connectivity index (χ1) is 11.1. The zero-order valence-corrected chi connectivity index (χ0v) is 12.8. The predicted octanol–water partition coefficient (Wildman–Crippen LogP) is 3.30. The van der Waals surface area contributed by atoms with Gasteiger partial charge >= 0.3 is 0 Å². The summed E-state index contributed by atoms with van der Waals surface area (Å²) < 4.78 is 13.1. The molecule has 1 aliphatic rings. The van der Waals surface area contributed by atoms with E-state index in [0.717, 1.165) is 5.56 Å². The lowest BCUT2D eigenvalue weighted by Crippen LogP contribution is -2.38. The molecule has 0 spiro atoms. The molecule has 1 N–H and O–H groups in total. The van der Waals surface area contributed by atoms with Crippen molar-refractivity contribution < 1.29 is 14.0 Å². The highest BCUT2D eigenvalue weighted by Crippen LogP contribution is 2.34. The van der Waals surface area contributed by atoms with Gasteiger partial charge in [0.1, 0.15) is 5.82 Å². The van der Waals surface area contributed by atoms with Crippen LogP contribution >= 0.6 is 0 Å². The van der Waals surface area contributed by atoms with E-state index in [1.54, 1.807) is 23.1 Å². The van der Waals surface area contributed by atoms with Gasteiger partial charge in [-0.1, -0.05) is 18.2 Å². The Balaban J connectivity index is 1.95. The van der Waals surface area contributed by atoms with Crippen LogP contribution in [0.25, 0.3) is 0 Å². The van der Waals surface area contributed by atoms with Crippen LogP contribution in [-0.4, -0.2) is 18.4 Å². The van der Waals surface area contributed by atoms with Crippen molar-refractivity contribution in [3.63, 3.8) is 0 Å². The van der Waals surface area contributed by atoms with E-state index in [-0.39, 0.29) is 24.1 Å².